The van der Waals surface area contributed by atoms with Crippen molar-refractivity contribution in [3.8, 4) is 0 Å². The van der Waals surface area contributed by atoms with Gasteiger partial charge in [0.2, 0.25) is 8.13 Å². The van der Waals surface area contributed by atoms with E-state index in [1.807, 2.05) is 0 Å². The standard InChI is InChI=1S/C11H9Cl7O/c12-9(13,10(14,15)11(16,17)18)8-4-2-1-3-7(8)5-6-19/h1-4,19H,5-6H2. The first-order valence-corrected chi connectivity index (χ1v) is 7.72. The van der Waals surface area contributed by atoms with Crippen LogP contribution in [0.2, 0.25) is 0 Å². The third-order valence-corrected chi connectivity index (χ3v) is 6.41. The van der Waals surface area contributed by atoms with Crippen LogP contribution >= 0.6 is 81.2 Å². The quantitative estimate of drug-likeness (QED) is 0.666. The monoisotopic (exact) mass is 402 g/mol. The molecule has 108 valence electrons. The Morgan fingerprint density at radius 3 is 1.89 bits per heavy atom. The van der Waals surface area contributed by atoms with Crippen LogP contribution in [0.4, 0.5) is 0 Å². The molecular weight excluding hydrogens is 396 g/mol. The number of hydrogen-bond acceptors (Lipinski definition) is 1. The molecule has 0 heterocycles. The van der Waals surface area contributed by atoms with E-state index in [9.17, 15) is 0 Å². The van der Waals surface area contributed by atoms with Gasteiger partial charge in [0, 0.05) is 6.61 Å². The van der Waals surface area contributed by atoms with Crippen LogP contribution in [0.5, 0.6) is 0 Å². The Kier molecular flexibility index (Phi) is 6.28. The number of halogens is 7. The first kappa shape index (κ1) is 18.3. The fraction of sp³-hybridized carbons (Fsp3) is 0.455. The van der Waals surface area contributed by atoms with Crippen LogP contribution in [-0.2, 0) is 10.8 Å². The minimum atomic E-state index is -2.11. The summed E-state index contributed by atoms with van der Waals surface area (Å²) in [5.74, 6) is 0. The highest BCUT2D eigenvalue weighted by Gasteiger charge is 2.61. The van der Waals surface area contributed by atoms with Gasteiger partial charge in [-0.05, 0) is 17.5 Å². The van der Waals surface area contributed by atoms with E-state index in [0.29, 0.717) is 17.5 Å². The molecule has 8 heteroatoms. The number of alkyl halides is 7. The van der Waals surface area contributed by atoms with Gasteiger partial charge < -0.3 is 5.11 Å². The number of aliphatic hydroxyl groups excluding tert-OH is 1. The summed E-state index contributed by atoms with van der Waals surface area (Å²) in [6.45, 7) is -0.0911. The molecule has 0 aliphatic heterocycles. The van der Waals surface area contributed by atoms with Gasteiger partial charge in [-0.25, -0.2) is 0 Å². The molecule has 1 rings (SSSR count). The van der Waals surface area contributed by atoms with Gasteiger partial charge in [-0.1, -0.05) is 105 Å². The predicted octanol–water partition coefficient (Wildman–Crippen LogP) is 5.40. The van der Waals surface area contributed by atoms with E-state index in [4.69, 9.17) is 86.3 Å². The van der Waals surface area contributed by atoms with E-state index >= 15 is 0 Å². The summed E-state index contributed by atoms with van der Waals surface area (Å²) >= 11 is 41.8. The van der Waals surface area contributed by atoms with Gasteiger partial charge in [0.05, 0.1) is 0 Å². The lowest BCUT2D eigenvalue weighted by atomic mass is 9.99. The van der Waals surface area contributed by atoms with Crippen molar-refractivity contribution in [2.24, 2.45) is 0 Å². The van der Waals surface area contributed by atoms with Gasteiger partial charge in [-0.2, -0.15) is 0 Å². The number of aliphatic hydroxyl groups is 1. The van der Waals surface area contributed by atoms with Gasteiger partial charge in [0.15, 0.2) is 4.33 Å². The summed E-state index contributed by atoms with van der Waals surface area (Å²) < 4.78 is -6.06. The van der Waals surface area contributed by atoms with Crippen LogP contribution in [0.15, 0.2) is 24.3 Å². The maximum absolute atomic E-state index is 9.04. The van der Waals surface area contributed by atoms with Crippen molar-refractivity contribution in [3.05, 3.63) is 35.4 Å². The van der Waals surface area contributed by atoms with Gasteiger partial charge in [-0.15, -0.1) is 0 Å². The van der Waals surface area contributed by atoms with Crippen molar-refractivity contribution >= 4 is 81.2 Å². The molecule has 1 aromatic carbocycles. The molecule has 0 fully saturated rings. The normalized spacial score (nSPS) is 13.7. The van der Waals surface area contributed by atoms with E-state index in [-0.39, 0.29) is 6.61 Å². The van der Waals surface area contributed by atoms with Crippen molar-refractivity contribution in [3.63, 3.8) is 0 Å². The molecule has 0 atom stereocenters. The number of benzene rings is 1. The zero-order chi connectivity index (χ0) is 14.9. The molecule has 1 N–H and O–H groups in total. The second-order valence-electron chi connectivity index (χ2n) is 3.78. The third kappa shape index (κ3) is 3.70. The Labute approximate surface area is 146 Å². The molecule has 0 aliphatic carbocycles. The van der Waals surface area contributed by atoms with E-state index in [0.717, 1.165) is 0 Å². The highest BCUT2D eigenvalue weighted by molar-refractivity contribution is 6.78. The third-order valence-electron chi connectivity index (χ3n) is 2.49. The van der Waals surface area contributed by atoms with Crippen molar-refractivity contribution < 1.29 is 5.11 Å². The Morgan fingerprint density at radius 2 is 1.42 bits per heavy atom. The molecule has 0 bridgehead atoms. The SMILES string of the molecule is OCCc1ccccc1C(Cl)(Cl)C(Cl)(Cl)C(Cl)(Cl)Cl. The van der Waals surface area contributed by atoms with E-state index in [1.54, 1.807) is 24.3 Å². The summed E-state index contributed by atoms with van der Waals surface area (Å²) in [4.78, 5) is 0. The molecule has 0 unspecified atom stereocenters. The van der Waals surface area contributed by atoms with Gasteiger partial charge >= 0.3 is 0 Å². The Hall–Kier alpha value is 1.21. The van der Waals surface area contributed by atoms with Crippen LogP contribution in [0, 0.1) is 0 Å². The first-order chi connectivity index (χ1) is 8.55. The van der Waals surface area contributed by atoms with Crippen molar-refractivity contribution in [2.45, 2.75) is 18.9 Å². The van der Waals surface area contributed by atoms with Crippen molar-refractivity contribution in [1.82, 2.24) is 0 Å². The van der Waals surface area contributed by atoms with Gasteiger partial charge in [0.25, 0.3) is 0 Å². The van der Waals surface area contributed by atoms with Gasteiger partial charge in [0.1, 0.15) is 0 Å². The average Bonchev–Trinajstić information content (AvgIpc) is 2.28. The molecule has 19 heavy (non-hydrogen) atoms. The fourth-order valence-corrected chi connectivity index (χ4v) is 3.08. The molecule has 0 radical (unpaired) electrons. The number of rotatable bonds is 4. The highest BCUT2D eigenvalue weighted by atomic mass is 35.6. The van der Waals surface area contributed by atoms with Crippen LogP contribution in [0.25, 0.3) is 0 Å². The zero-order valence-electron chi connectivity index (χ0n) is 9.32. The summed E-state index contributed by atoms with van der Waals surface area (Å²) in [5.41, 5.74) is 1.04. The maximum atomic E-state index is 9.04. The van der Waals surface area contributed by atoms with E-state index < -0.39 is 12.5 Å². The lowest BCUT2D eigenvalue weighted by Crippen LogP contribution is -2.45. The Bertz CT molecular complexity index is 439. The topological polar surface area (TPSA) is 20.2 Å². The minimum absolute atomic E-state index is 0.0911. The highest BCUT2D eigenvalue weighted by Crippen LogP contribution is 2.60. The second-order valence-corrected chi connectivity index (χ2v) is 8.71. The Morgan fingerprint density at radius 1 is 0.895 bits per heavy atom. The molecule has 0 aliphatic rings. The fourth-order valence-electron chi connectivity index (χ4n) is 1.51. The maximum Gasteiger partial charge on any atom is 0.226 e. The van der Waals surface area contributed by atoms with Crippen molar-refractivity contribution in [1.29, 1.82) is 0 Å². The van der Waals surface area contributed by atoms with Crippen molar-refractivity contribution in [2.75, 3.05) is 6.61 Å². The molecule has 0 aromatic heterocycles. The van der Waals surface area contributed by atoms with Gasteiger partial charge in [-0.3, -0.25) is 0 Å². The summed E-state index contributed by atoms with van der Waals surface area (Å²) in [6.07, 6.45) is 0.321. The molecule has 0 saturated carbocycles. The van der Waals surface area contributed by atoms with Crippen LogP contribution in [0.3, 0.4) is 0 Å². The average molecular weight is 405 g/mol. The zero-order valence-corrected chi connectivity index (χ0v) is 14.6. The first-order valence-electron chi connectivity index (χ1n) is 5.07. The smallest absolute Gasteiger partial charge is 0.226 e. The molecule has 1 aromatic rings. The predicted molar refractivity (Wildman–Crippen MR) is 85.3 cm³/mol. The second kappa shape index (κ2) is 6.54. The minimum Gasteiger partial charge on any atom is -0.396 e. The van der Waals surface area contributed by atoms with Crippen LogP contribution < -0.4 is 0 Å². The lowest BCUT2D eigenvalue weighted by molar-refractivity contribution is 0.299. The van der Waals surface area contributed by atoms with E-state index in [2.05, 4.69) is 0 Å². The Balaban J connectivity index is 3.35. The molecule has 0 spiro atoms. The van der Waals surface area contributed by atoms with Crippen LogP contribution in [0.1, 0.15) is 11.1 Å². The summed E-state index contributed by atoms with van der Waals surface area (Å²) in [6, 6.07) is 6.80. The molecule has 1 nitrogen and oxygen atoms in total. The van der Waals surface area contributed by atoms with Crippen LogP contribution in [-0.4, -0.2) is 19.8 Å². The number of hydrogen-bond donors (Lipinski definition) is 1. The lowest BCUT2D eigenvalue weighted by Gasteiger charge is -2.38. The molecule has 0 saturated heterocycles. The summed E-state index contributed by atoms with van der Waals surface area (Å²) in [7, 11) is 0. The largest absolute Gasteiger partial charge is 0.396 e. The molecular formula is C11H9Cl7O. The summed E-state index contributed by atoms with van der Waals surface area (Å²) in [5, 5.41) is 9.04. The molecule has 0 amide bonds. The van der Waals surface area contributed by atoms with E-state index in [1.165, 1.54) is 0 Å².